The molecule has 0 unspecified atom stereocenters. The number of aromatic nitrogens is 5. The zero-order chi connectivity index (χ0) is 27.7. The Bertz CT molecular complexity index is 1590. The Kier molecular flexibility index (Phi) is 7.19. The van der Waals surface area contributed by atoms with E-state index in [0.717, 1.165) is 5.39 Å². The fourth-order valence-electron chi connectivity index (χ4n) is 4.44. The number of likely N-dealkylation sites (tertiary alicyclic amines) is 1. The maximum Gasteiger partial charge on any atom is 0.269 e. The van der Waals surface area contributed by atoms with Gasteiger partial charge in [0.1, 0.15) is 29.2 Å². The predicted octanol–water partition coefficient (Wildman–Crippen LogP) is 2.37. The van der Waals surface area contributed by atoms with Crippen LogP contribution in [0.4, 0.5) is 16.2 Å². The highest BCUT2D eigenvalue weighted by molar-refractivity contribution is 9.10. The summed E-state index contributed by atoms with van der Waals surface area (Å²) in [5.74, 6) is -1.12. The molecule has 3 amide bonds. The molecule has 0 saturated carbocycles. The van der Waals surface area contributed by atoms with Gasteiger partial charge in [0, 0.05) is 36.8 Å². The summed E-state index contributed by atoms with van der Waals surface area (Å²) in [6, 6.07) is 9.27. The van der Waals surface area contributed by atoms with E-state index in [4.69, 9.17) is 5.73 Å². The number of carbonyl (C=O) groups is 3. The summed E-state index contributed by atoms with van der Waals surface area (Å²) >= 11 is 3.23. The summed E-state index contributed by atoms with van der Waals surface area (Å²) in [5, 5.41) is 10.4. The first-order chi connectivity index (χ1) is 18.7. The molecule has 5 rings (SSSR count). The van der Waals surface area contributed by atoms with E-state index in [9.17, 15) is 18.8 Å². The second-order valence-corrected chi connectivity index (χ2v) is 9.71. The summed E-state index contributed by atoms with van der Waals surface area (Å²) in [6.07, 6.45) is 1.66. The van der Waals surface area contributed by atoms with Crippen molar-refractivity contribution >= 4 is 56.3 Å². The van der Waals surface area contributed by atoms with Crippen LogP contribution in [0.1, 0.15) is 16.9 Å². The molecule has 2 atom stereocenters. The van der Waals surface area contributed by atoms with Crippen LogP contribution >= 0.6 is 15.9 Å². The van der Waals surface area contributed by atoms with Crippen molar-refractivity contribution in [1.82, 2.24) is 29.6 Å². The number of pyridine rings is 1. The number of primary amides is 1. The molecule has 1 aromatic carbocycles. The van der Waals surface area contributed by atoms with Gasteiger partial charge in [-0.3, -0.25) is 19.1 Å². The molecule has 4 N–H and O–H groups in total. The number of nitrogens with zero attached hydrogens (tertiary/aromatic N) is 6. The van der Waals surface area contributed by atoms with Crippen molar-refractivity contribution in [2.75, 3.05) is 24.2 Å². The van der Waals surface area contributed by atoms with Gasteiger partial charge in [-0.2, -0.15) is 5.10 Å². The summed E-state index contributed by atoms with van der Waals surface area (Å²) < 4.78 is 16.1. The van der Waals surface area contributed by atoms with E-state index >= 15 is 0 Å². The van der Waals surface area contributed by atoms with Crippen molar-refractivity contribution in [1.29, 1.82) is 0 Å². The van der Waals surface area contributed by atoms with E-state index in [1.807, 2.05) is 0 Å². The van der Waals surface area contributed by atoms with Gasteiger partial charge in [0.15, 0.2) is 5.69 Å². The number of nitrogens with one attached hydrogen (secondary N) is 2. The van der Waals surface area contributed by atoms with Crippen molar-refractivity contribution in [3.63, 3.8) is 0 Å². The minimum atomic E-state index is -1.36. The van der Waals surface area contributed by atoms with Gasteiger partial charge in [-0.15, -0.1) is 0 Å². The molecule has 0 radical (unpaired) electrons. The number of amides is 3. The number of anilines is 2. The van der Waals surface area contributed by atoms with Gasteiger partial charge in [0.05, 0.1) is 12.1 Å². The van der Waals surface area contributed by atoms with Crippen LogP contribution in [-0.4, -0.2) is 73.2 Å². The molecular formula is C25H23BrFN9O3. The second-order valence-electron chi connectivity index (χ2n) is 8.90. The zero-order valence-corrected chi connectivity index (χ0v) is 22.2. The van der Waals surface area contributed by atoms with Gasteiger partial charge in [0.2, 0.25) is 17.8 Å². The lowest BCUT2D eigenvalue weighted by Crippen LogP contribution is -2.44. The van der Waals surface area contributed by atoms with Gasteiger partial charge < -0.3 is 21.3 Å². The van der Waals surface area contributed by atoms with Crippen LogP contribution in [0.2, 0.25) is 0 Å². The normalized spacial score (nSPS) is 16.8. The smallest absolute Gasteiger partial charge is 0.269 e. The van der Waals surface area contributed by atoms with Crippen molar-refractivity contribution in [3.05, 3.63) is 59.1 Å². The molecular weight excluding hydrogens is 573 g/mol. The third-order valence-electron chi connectivity index (χ3n) is 6.25. The van der Waals surface area contributed by atoms with E-state index in [0.29, 0.717) is 27.2 Å². The highest BCUT2D eigenvalue weighted by Gasteiger charge is 2.40. The fourth-order valence-corrected chi connectivity index (χ4v) is 4.79. The Hall–Kier alpha value is -4.46. The molecule has 1 aliphatic heterocycles. The first-order valence-electron chi connectivity index (χ1n) is 11.9. The summed E-state index contributed by atoms with van der Waals surface area (Å²) in [5.41, 5.74) is 7.27. The average Bonchev–Trinajstić information content (AvgIpc) is 3.52. The fraction of sp³-hybridized carbons (Fsp3) is 0.240. The number of nitrogens with two attached hydrogens (primary N) is 1. The van der Waals surface area contributed by atoms with Crippen LogP contribution in [0.5, 0.6) is 0 Å². The molecule has 0 aliphatic carbocycles. The van der Waals surface area contributed by atoms with E-state index in [1.54, 1.807) is 49.6 Å². The molecule has 1 fully saturated rings. The van der Waals surface area contributed by atoms with E-state index in [2.05, 4.69) is 46.6 Å². The molecule has 1 aliphatic rings. The lowest BCUT2D eigenvalue weighted by atomic mass is 10.0. The summed E-state index contributed by atoms with van der Waals surface area (Å²) in [7, 11) is 1.72. The second kappa shape index (κ2) is 10.7. The van der Waals surface area contributed by atoms with Crippen LogP contribution in [0, 0.1) is 0 Å². The van der Waals surface area contributed by atoms with Gasteiger partial charge in [0.25, 0.3) is 5.91 Å². The lowest BCUT2D eigenvalue weighted by Gasteiger charge is -2.23. The quantitative estimate of drug-likeness (QED) is 0.274. The van der Waals surface area contributed by atoms with E-state index < -0.39 is 29.9 Å². The Balaban J connectivity index is 1.37. The molecule has 12 nitrogen and oxygen atoms in total. The number of alkyl halides is 1. The molecule has 39 heavy (non-hydrogen) atoms. The molecule has 200 valence electrons. The molecule has 3 aromatic heterocycles. The largest absolute Gasteiger partial charge is 0.364 e. The van der Waals surface area contributed by atoms with Crippen molar-refractivity contribution < 1.29 is 18.8 Å². The van der Waals surface area contributed by atoms with Crippen molar-refractivity contribution in [2.24, 2.45) is 5.73 Å². The van der Waals surface area contributed by atoms with Crippen molar-refractivity contribution in [3.8, 4) is 11.1 Å². The lowest BCUT2D eigenvalue weighted by molar-refractivity contribution is -0.137. The highest BCUT2D eigenvalue weighted by Crippen LogP contribution is 2.27. The number of rotatable bonds is 7. The van der Waals surface area contributed by atoms with Gasteiger partial charge in [-0.05, 0) is 45.8 Å². The predicted molar refractivity (Wildman–Crippen MR) is 144 cm³/mol. The van der Waals surface area contributed by atoms with Crippen molar-refractivity contribution in [2.45, 2.75) is 25.2 Å². The molecule has 0 spiro atoms. The minimum absolute atomic E-state index is 0.0327. The zero-order valence-electron chi connectivity index (χ0n) is 20.6. The Labute approximate surface area is 229 Å². The van der Waals surface area contributed by atoms with Gasteiger partial charge in [-0.25, -0.2) is 19.3 Å². The first kappa shape index (κ1) is 26.2. The molecule has 4 aromatic rings. The number of hydrogen-bond donors (Lipinski definition) is 3. The highest BCUT2D eigenvalue weighted by atomic mass is 79.9. The maximum absolute atomic E-state index is 14.4. The first-order valence-corrected chi connectivity index (χ1v) is 12.7. The number of halogens is 2. The molecule has 1 saturated heterocycles. The third-order valence-corrected chi connectivity index (χ3v) is 6.69. The topological polar surface area (TPSA) is 161 Å². The SMILES string of the molecule is CNc1ncc2cc(-c3cn(CC(=O)N4C[C@H](F)C[C@H]4C(=O)Nc4cccc(Br)n4)nc3C(N)=O)ccc2n1. The van der Waals surface area contributed by atoms with E-state index in [-0.39, 0.29) is 31.0 Å². The number of hydrogen-bond acceptors (Lipinski definition) is 8. The van der Waals surface area contributed by atoms with Crippen LogP contribution in [0.3, 0.4) is 0 Å². The Morgan fingerprint density at radius 3 is 2.77 bits per heavy atom. The Morgan fingerprint density at radius 2 is 2.03 bits per heavy atom. The van der Waals surface area contributed by atoms with Crippen LogP contribution in [0.15, 0.2) is 53.4 Å². The van der Waals surface area contributed by atoms with Gasteiger partial charge in [-0.1, -0.05) is 12.1 Å². The minimum Gasteiger partial charge on any atom is -0.364 e. The molecule has 4 heterocycles. The average molecular weight is 596 g/mol. The maximum atomic E-state index is 14.4. The van der Waals surface area contributed by atoms with Crippen LogP contribution < -0.4 is 16.4 Å². The van der Waals surface area contributed by atoms with Gasteiger partial charge >= 0.3 is 0 Å². The number of carbonyl (C=O) groups excluding carboxylic acids is 3. The van der Waals surface area contributed by atoms with Crippen LogP contribution in [-0.2, 0) is 16.1 Å². The monoisotopic (exact) mass is 595 g/mol. The standard InChI is InChI=1S/C25H23BrFN9O3/c1-29-25-30-9-14-7-13(5-6-17(14)31-25)16-11-35(34-22(16)23(28)38)12-21(37)36-10-15(27)8-18(36)24(39)33-20-4-2-3-19(26)32-20/h2-7,9,11,15,18H,8,10,12H2,1H3,(H2,28,38)(H,29,30,31)(H,32,33,39)/t15-,18+/m1/s1. The molecule has 14 heteroatoms. The summed E-state index contributed by atoms with van der Waals surface area (Å²) in [6.45, 7) is -0.562. The summed E-state index contributed by atoms with van der Waals surface area (Å²) in [4.78, 5) is 52.2. The molecule has 0 bridgehead atoms. The van der Waals surface area contributed by atoms with E-state index in [1.165, 1.54) is 15.8 Å². The third kappa shape index (κ3) is 5.55. The Morgan fingerprint density at radius 1 is 1.21 bits per heavy atom. The van der Waals surface area contributed by atoms with Crippen LogP contribution in [0.25, 0.3) is 22.0 Å². The number of fused-ring (bicyclic) bond motifs is 1. The number of benzene rings is 1.